The van der Waals surface area contributed by atoms with Gasteiger partial charge in [-0.05, 0) is 30.0 Å². The fraction of sp³-hybridized carbons (Fsp3) is 0.412. The van der Waals surface area contributed by atoms with Crippen molar-refractivity contribution in [2.45, 2.75) is 26.8 Å². The lowest BCUT2D eigenvalue weighted by atomic mass is 10.0. The molecule has 0 aliphatic heterocycles. The van der Waals surface area contributed by atoms with Crippen molar-refractivity contribution in [3.05, 3.63) is 47.3 Å². The van der Waals surface area contributed by atoms with Gasteiger partial charge in [0.15, 0.2) is 5.78 Å². The van der Waals surface area contributed by atoms with Crippen LogP contribution in [0.2, 0.25) is 0 Å². The van der Waals surface area contributed by atoms with Crippen LogP contribution in [0, 0.1) is 5.92 Å². The minimum absolute atomic E-state index is 0.0802. The number of Topliss-reactive ketones (excluding diaryl/α,β-unsaturated/α-hetero) is 1. The molecule has 2 aromatic rings. The number of alkyl halides is 1. The van der Waals surface area contributed by atoms with Gasteiger partial charge in [-0.3, -0.25) is 9.48 Å². The minimum Gasteiger partial charge on any atom is -0.497 e. The van der Waals surface area contributed by atoms with E-state index in [0.29, 0.717) is 17.8 Å². The second-order valence-corrected chi connectivity index (χ2v) is 6.23. The quantitative estimate of drug-likeness (QED) is 0.555. The van der Waals surface area contributed by atoms with Crippen LogP contribution in [0.4, 0.5) is 0 Å². The Kier molecular flexibility index (Phi) is 5.77. The van der Waals surface area contributed by atoms with E-state index in [2.05, 4.69) is 34.9 Å². The number of hydrogen-bond donors (Lipinski definition) is 0. The van der Waals surface area contributed by atoms with Gasteiger partial charge >= 0.3 is 0 Å². The number of ketones is 1. The highest BCUT2D eigenvalue weighted by atomic mass is 79.9. The van der Waals surface area contributed by atoms with Crippen LogP contribution in [-0.4, -0.2) is 28.0 Å². The number of ether oxygens (including phenoxy) is 1. The molecule has 0 spiro atoms. The number of carbonyl (C=O) groups is 1. The largest absolute Gasteiger partial charge is 0.497 e. The highest BCUT2D eigenvalue weighted by Gasteiger charge is 2.17. The number of carbonyl (C=O) groups excluding carboxylic acids is 1. The van der Waals surface area contributed by atoms with E-state index in [1.165, 1.54) is 0 Å². The van der Waals surface area contributed by atoms with E-state index in [1.807, 2.05) is 28.9 Å². The number of hydrogen-bond acceptors (Lipinski definition) is 3. The predicted octanol–water partition coefficient (Wildman–Crippen LogP) is 3.72. The van der Waals surface area contributed by atoms with Gasteiger partial charge in [0.25, 0.3) is 0 Å². The Labute approximate surface area is 139 Å². The molecule has 0 amide bonds. The van der Waals surface area contributed by atoms with E-state index in [9.17, 15) is 4.79 Å². The van der Waals surface area contributed by atoms with Crippen molar-refractivity contribution in [1.29, 1.82) is 0 Å². The van der Waals surface area contributed by atoms with Crippen molar-refractivity contribution >= 4 is 21.7 Å². The molecule has 1 aromatic heterocycles. The van der Waals surface area contributed by atoms with Gasteiger partial charge in [-0.25, -0.2) is 0 Å². The lowest BCUT2D eigenvalue weighted by Crippen LogP contribution is -2.12. The first kappa shape index (κ1) is 16.7. The summed E-state index contributed by atoms with van der Waals surface area (Å²) < 4.78 is 7.10. The maximum atomic E-state index is 12.0. The van der Waals surface area contributed by atoms with E-state index in [-0.39, 0.29) is 5.78 Å². The molecule has 0 fully saturated rings. The normalized spacial score (nSPS) is 11.0. The average molecular weight is 365 g/mol. The first-order valence-corrected chi connectivity index (χ1v) is 8.44. The second kappa shape index (κ2) is 7.58. The Morgan fingerprint density at radius 2 is 2.00 bits per heavy atom. The van der Waals surface area contributed by atoms with Crippen molar-refractivity contribution in [2.24, 2.45) is 5.92 Å². The minimum atomic E-state index is 0.0802. The summed E-state index contributed by atoms with van der Waals surface area (Å²) in [5, 5.41) is 4.75. The molecule has 2 rings (SSSR count). The molecule has 0 unspecified atom stereocenters. The molecule has 22 heavy (non-hydrogen) atoms. The van der Waals surface area contributed by atoms with Crippen LogP contribution in [0.15, 0.2) is 30.5 Å². The summed E-state index contributed by atoms with van der Waals surface area (Å²) in [6, 6.07) is 7.91. The summed E-state index contributed by atoms with van der Waals surface area (Å²) in [6.07, 6.45) is 2.52. The van der Waals surface area contributed by atoms with Crippen molar-refractivity contribution in [3.8, 4) is 5.75 Å². The van der Waals surface area contributed by atoms with Crippen LogP contribution in [0.3, 0.4) is 0 Å². The number of halogens is 1. The zero-order valence-electron chi connectivity index (χ0n) is 13.2. The van der Waals surface area contributed by atoms with Crippen molar-refractivity contribution in [1.82, 2.24) is 9.78 Å². The van der Waals surface area contributed by atoms with Gasteiger partial charge in [-0.15, -0.1) is 0 Å². The van der Waals surface area contributed by atoms with E-state index >= 15 is 0 Å². The van der Waals surface area contributed by atoms with E-state index in [4.69, 9.17) is 4.74 Å². The molecule has 0 radical (unpaired) electrons. The number of aromatic nitrogens is 2. The highest BCUT2D eigenvalue weighted by molar-refractivity contribution is 9.09. The smallest absolute Gasteiger partial charge is 0.176 e. The first-order valence-electron chi connectivity index (χ1n) is 7.32. The predicted molar refractivity (Wildman–Crippen MR) is 91.0 cm³/mol. The average Bonchev–Trinajstić information content (AvgIpc) is 2.89. The third-order valence-corrected chi connectivity index (χ3v) is 3.97. The van der Waals surface area contributed by atoms with E-state index in [1.54, 1.807) is 13.3 Å². The van der Waals surface area contributed by atoms with E-state index in [0.717, 1.165) is 29.0 Å². The summed E-state index contributed by atoms with van der Waals surface area (Å²) >= 11 is 3.24. The summed E-state index contributed by atoms with van der Waals surface area (Å²) in [5.74, 6) is 1.38. The van der Waals surface area contributed by atoms with Gasteiger partial charge in [0.05, 0.1) is 30.7 Å². The zero-order chi connectivity index (χ0) is 16.1. The molecule has 1 aromatic carbocycles. The van der Waals surface area contributed by atoms with Gasteiger partial charge in [0, 0.05) is 5.69 Å². The van der Waals surface area contributed by atoms with Crippen LogP contribution < -0.4 is 4.74 Å². The second-order valence-electron chi connectivity index (χ2n) is 5.67. The Morgan fingerprint density at radius 1 is 1.32 bits per heavy atom. The fourth-order valence-corrected chi connectivity index (χ4v) is 2.66. The van der Waals surface area contributed by atoms with Crippen LogP contribution in [0.1, 0.15) is 35.5 Å². The van der Waals surface area contributed by atoms with Gasteiger partial charge in [0.1, 0.15) is 5.75 Å². The van der Waals surface area contributed by atoms with Crippen LogP contribution in [0.5, 0.6) is 5.75 Å². The third-order valence-electron chi connectivity index (χ3n) is 3.46. The maximum absolute atomic E-state index is 12.0. The number of nitrogens with zero attached hydrogens (tertiary/aromatic N) is 2. The molecule has 1 heterocycles. The number of methoxy groups -OCH3 is 1. The molecule has 118 valence electrons. The van der Waals surface area contributed by atoms with Gasteiger partial charge < -0.3 is 4.74 Å². The van der Waals surface area contributed by atoms with Gasteiger partial charge in [0.2, 0.25) is 0 Å². The van der Waals surface area contributed by atoms with Gasteiger partial charge in [-0.2, -0.15) is 5.10 Å². The molecule has 0 aliphatic carbocycles. The van der Waals surface area contributed by atoms with Crippen molar-refractivity contribution in [2.75, 3.05) is 12.4 Å². The van der Waals surface area contributed by atoms with Crippen LogP contribution in [0.25, 0.3) is 0 Å². The number of benzene rings is 1. The van der Waals surface area contributed by atoms with Crippen molar-refractivity contribution in [3.63, 3.8) is 0 Å². The Bertz CT molecular complexity index is 633. The topological polar surface area (TPSA) is 44.1 Å². The lowest BCUT2D eigenvalue weighted by molar-refractivity contribution is 0.102. The Balaban J connectivity index is 2.28. The maximum Gasteiger partial charge on any atom is 0.176 e. The molecule has 0 saturated heterocycles. The zero-order valence-corrected chi connectivity index (χ0v) is 14.8. The first-order chi connectivity index (χ1) is 10.5. The van der Waals surface area contributed by atoms with E-state index < -0.39 is 0 Å². The number of rotatable bonds is 7. The molecule has 0 bridgehead atoms. The summed E-state index contributed by atoms with van der Waals surface area (Å²) in [4.78, 5) is 12.0. The molecule has 5 heteroatoms. The molecular weight excluding hydrogens is 344 g/mol. The molecule has 4 nitrogen and oxygen atoms in total. The third kappa shape index (κ3) is 3.97. The van der Waals surface area contributed by atoms with Crippen molar-refractivity contribution < 1.29 is 9.53 Å². The summed E-state index contributed by atoms with van der Waals surface area (Å²) in [5.41, 5.74) is 2.86. The lowest BCUT2D eigenvalue weighted by Gasteiger charge is -2.12. The van der Waals surface area contributed by atoms with Gasteiger partial charge in [-0.1, -0.05) is 41.9 Å². The molecule has 0 saturated carbocycles. The standard InChI is InChI=1S/C17H21BrN2O2/c1-12(2)8-16-15(17(21)9-18)10-19-20(16)11-13-4-6-14(22-3)7-5-13/h4-7,10,12H,8-9,11H2,1-3H3. The fourth-order valence-electron chi connectivity index (χ4n) is 2.36. The molecule has 0 N–H and O–H groups in total. The Morgan fingerprint density at radius 3 is 2.55 bits per heavy atom. The molecule has 0 atom stereocenters. The summed E-state index contributed by atoms with van der Waals surface area (Å²) in [7, 11) is 1.65. The molecule has 0 aliphatic rings. The Hall–Kier alpha value is -1.62. The molecular formula is C17H21BrN2O2. The van der Waals surface area contributed by atoms with Crippen LogP contribution >= 0.6 is 15.9 Å². The SMILES string of the molecule is COc1ccc(Cn2ncc(C(=O)CBr)c2CC(C)C)cc1. The van der Waals surface area contributed by atoms with Crippen LogP contribution in [-0.2, 0) is 13.0 Å². The summed E-state index contributed by atoms with van der Waals surface area (Å²) in [6.45, 7) is 4.95. The highest BCUT2D eigenvalue weighted by Crippen LogP contribution is 2.18. The monoisotopic (exact) mass is 364 g/mol.